The van der Waals surface area contributed by atoms with Crippen LogP contribution >= 0.6 is 0 Å². The Morgan fingerprint density at radius 1 is 1.12 bits per heavy atom. The summed E-state index contributed by atoms with van der Waals surface area (Å²) < 4.78 is 0. The van der Waals surface area contributed by atoms with Gasteiger partial charge >= 0.3 is 0 Å². The normalized spacial score (nSPS) is 16.9. The first kappa shape index (κ1) is 11.2. The molecule has 0 spiro atoms. The maximum atomic E-state index is 11.6. The van der Waals surface area contributed by atoms with E-state index in [9.17, 15) is 4.79 Å². The molecule has 0 radical (unpaired) electrons. The van der Waals surface area contributed by atoms with Crippen LogP contribution in [-0.4, -0.2) is 12.5 Å². The van der Waals surface area contributed by atoms with E-state index in [1.54, 1.807) is 0 Å². The number of amides is 1. The third-order valence-corrected chi connectivity index (χ3v) is 3.12. The summed E-state index contributed by atoms with van der Waals surface area (Å²) in [5, 5.41) is 0. The smallest absolute Gasteiger partial charge is 0.227 e. The molecule has 0 saturated carbocycles. The number of benzene rings is 1. The van der Waals surface area contributed by atoms with Crippen molar-refractivity contribution in [3.63, 3.8) is 0 Å². The molecule has 0 bridgehead atoms. The summed E-state index contributed by atoms with van der Waals surface area (Å²) in [4.78, 5) is 13.5. The summed E-state index contributed by atoms with van der Waals surface area (Å²) in [6.07, 6.45) is 1.68. The minimum atomic E-state index is 0.174. The standard InChI is InChI=1S/C14H19NO/c1-14(2,3)11-6-8-12(9-7-11)15-10-4-5-13(15)16/h6-9H,4-5,10H2,1-3H3. The van der Waals surface area contributed by atoms with Gasteiger partial charge in [-0.2, -0.15) is 0 Å². The fraction of sp³-hybridized carbons (Fsp3) is 0.500. The summed E-state index contributed by atoms with van der Waals surface area (Å²) >= 11 is 0. The molecule has 86 valence electrons. The molecule has 2 heteroatoms. The highest BCUT2D eigenvalue weighted by Gasteiger charge is 2.22. The molecule has 1 aromatic carbocycles. The fourth-order valence-electron chi connectivity index (χ4n) is 2.06. The number of hydrogen-bond acceptors (Lipinski definition) is 1. The summed E-state index contributed by atoms with van der Waals surface area (Å²) in [6, 6.07) is 8.37. The first-order valence-electron chi connectivity index (χ1n) is 5.89. The third kappa shape index (κ3) is 2.11. The number of hydrogen-bond donors (Lipinski definition) is 0. The monoisotopic (exact) mass is 217 g/mol. The first-order valence-corrected chi connectivity index (χ1v) is 5.89. The first-order chi connectivity index (χ1) is 7.48. The predicted octanol–water partition coefficient (Wildman–Crippen LogP) is 3.11. The van der Waals surface area contributed by atoms with Crippen LogP contribution in [-0.2, 0) is 10.2 Å². The van der Waals surface area contributed by atoms with Crippen molar-refractivity contribution >= 4 is 11.6 Å². The van der Waals surface area contributed by atoms with Gasteiger partial charge in [0.15, 0.2) is 0 Å². The van der Waals surface area contributed by atoms with E-state index in [1.165, 1.54) is 5.56 Å². The van der Waals surface area contributed by atoms with Crippen LogP contribution in [0.4, 0.5) is 5.69 Å². The second-order valence-electron chi connectivity index (χ2n) is 5.45. The van der Waals surface area contributed by atoms with E-state index >= 15 is 0 Å². The minimum absolute atomic E-state index is 0.174. The molecule has 0 atom stereocenters. The average molecular weight is 217 g/mol. The highest BCUT2D eigenvalue weighted by Crippen LogP contribution is 2.26. The molecule has 0 aromatic heterocycles. The largest absolute Gasteiger partial charge is 0.312 e. The van der Waals surface area contributed by atoms with E-state index in [-0.39, 0.29) is 11.3 Å². The summed E-state index contributed by atoms with van der Waals surface area (Å²) in [5.74, 6) is 0.253. The van der Waals surface area contributed by atoms with Crippen LogP contribution in [0.25, 0.3) is 0 Å². The van der Waals surface area contributed by atoms with Gasteiger partial charge in [0.25, 0.3) is 0 Å². The number of nitrogens with zero attached hydrogens (tertiary/aromatic N) is 1. The maximum Gasteiger partial charge on any atom is 0.227 e. The van der Waals surface area contributed by atoms with Crippen molar-refractivity contribution < 1.29 is 4.79 Å². The molecule has 2 nitrogen and oxygen atoms in total. The van der Waals surface area contributed by atoms with Crippen LogP contribution in [0.3, 0.4) is 0 Å². The van der Waals surface area contributed by atoms with Gasteiger partial charge in [-0.25, -0.2) is 0 Å². The molecule has 0 unspecified atom stereocenters. The highest BCUT2D eigenvalue weighted by atomic mass is 16.2. The molecule has 1 saturated heterocycles. The van der Waals surface area contributed by atoms with Crippen LogP contribution in [0.2, 0.25) is 0 Å². The molecule has 2 rings (SSSR count). The van der Waals surface area contributed by atoms with Crippen molar-refractivity contribution in [1.82, 2.24) is 0 Å². The number of carbonyl (C=O) groups is 1. The second kappa shape index (κ2) is 3.93. The Bertz CT molecular complexity index is 386. The summed E-state index contributed by atoms with van der Waals surface area (Å²) in [7, 11) is 0. The lowest BCUT2D eigenvalue weighted by Crippen LogP contribution is -2.23. The Morgan fingerprint density at radius 2 is 1.75 bits per heavy atom. The SMILES string of the molecule is CC(C)(C)c1ccc(N2CCCC2=O)cc1. The minimum Gasteiger partial charge on any atom is -0.312 e. The fourth-order valence-corrected chi connectivity index (χ4v) is 2.06. The molecule has 1 fully saturated rings. The van der Waals surface area contributed by atoms with Crippen LogP contribution in [0, 0.1) is 0 Å². The lowest BCUT2D eigenvalue weighted by atomic mass is 9.87. The lowest BCUT2D eigenvalue weighted by Gasteiger charge is -2.21. The van der Waals surface area contributed by atoms with E-state index in [0.29, 0.717) is 6.42 Å². The zero-order valence-electron chi connectivity index (χ0n) is 10.3. The van der Waals surface area contributed by atoms with Gasteiger partial charge in [0, 0.05) is 18.7 Å². The molecular formula is C14H19NO. The molecule has 0 aliphatic carbocycles. The van der Waals surface area contributed by atoms with E-state index in [2.05, 4.69) is 45.0 Å². The Labute approximate surface area is 97.3 Å². The summed E-state index contributed by atoms with van der Waals surface area (Å²) in [5.41, 5.74) is 2.52. The van der Waals surface area contributed by atoms with Gasteiger partial charge in [0.05, 0.1) is 0 Å². The molecule has 1 aliphatic heterocycles. The average Bonchev–Trinajstić information content (AvgIpc) is 2.63. The van der Waals surface area contributed by atoms with Gasteiger partial charge in [-0.1, -0.05) is 32.9 Å². The van der Waals surface area contributed by atoms with Gasteiger partial charge in [-0.3, -0.25) is 4.79 Å². The van der Waals surface area contributed by atoms with Gasteiger partial charge in [-0.05, 0) is 29.5 Å². The van der Waals surface area contributed by atoms with Crippen LogP contribution < -0.4 is 4.90 Å². The molecular weight excluding hydrogens is 198 g/mol. The Morgan fingerprint density at radius 3 is 2.19 bits per heavy atom. The van der Waals surface area contributed by atoms with Crippen molar-refractivity contribution in [1.29, 1.82) is 0 Å². The zero-order chi connectivity index (χ0) is 11.8. The van der Waals surface area contributed by atoms with Gasteiger partial charge in [0.2, 0.25) is 5.91 Å². The zero-order valence-corrected chi connectivity index (χ0v) is 10.3. The van der Waals surface area contributed by atoms with E-state index in [4.69, 9.17) is 0 Å². The van der Waals surface area contributed by atoms with Crippen molar-refractivity contribution in [3.05, 3.63) is 29.8 Å². The topological polar surface area (TPSA) is 20.3 Å². The van der Waals surface area contributed by atoms with E-state index < -0.39 is 0 Å². The Hall–Kier alpha value is -1.31. The second-order valence-corrected chi connectivity index (χ2v) is 5.45. The van der Waals surface area contributed by atoms with Crippen molar-refractivity contribution in [2.75, 3.05) is 11.4 Å². The molecule has 0 N–H and O–H groups in total. The highest BCUT2D eigenvalue weighted by molar-refractivity contribution is 5.95. The lowest BCUT2D eigenvalue weighted by molar-refractivity contribution is -0.117. The van der Waals surface area contributed by atoms with Crippen LogP contribution in [0.15, 0.2) is 24.3 Å². The van der Waals surface area contributed by atoms with Crippen LogP contribution in [0.5, 0.6) is 0 Å². The maximum absolute atomic E-state index is 11.6. The van der Waals surface area contributed by atoms with Crippen molar-refractivity contribution in [3.8, 4) is 0 Å². The molecule has 1 aromatic rings. The number of rotatable bonds is 1. The molecule has 1 heterocycles. The van der Waals surface area contributed by atoms with Gasteiger partial charge < -0.3 is 4.90 Å². The predicted molar refractivity (Wildman–Crippen MR) is 66.7 cm³/mol. The molecule has 1 amide bonds. The Balaban J connectivity index is 2.22. The number of carbonyl (C=O) groups excluding carboxylic acids is 1. The van der Waals surface area contributed by atoms with Gasteiger partial charge in [0.1, 0.15) is 0 Å². The van der Waals surface area contributed by atoms with Crippen molar-refractivity contribution in [2.45, 2.75) is 39.0 Å². The van der Waals surface area contributed by atoms with E-state index in [0.717, 1.165) is 18.7 Å². The Kier molecular flexibility index (Phi) is 2.75. The van der Waals surface area contributed by atoms with Gasteiger partial charge in [-0.15, -0.1) is 0 Å². The third-order valence-electron chi connectivity index (χ3n) is 3.12. The summed E-state index contributed by atoms with van der Waals surface area (Å²) in [6.45, 7) is 7.46. The number of anilines is 1. The molecule has 16 heavy (non-hydrogen) atoms. The van der Waals surface area contributed by atoms with Crippen molar-refractivity contribution in [2.24, 2.45) is 0 Å². The quantitative estimate of drug-likeness (QED) is 0.707. The van der Waals surface area contributed by atoms with Crippen LogP contribution in [0.1, 0.15) is 39.2 Å². The van der Waals surface area contributed by atoms with E-state index in [1.807, 2.05) is 4.90 Å². The molecule has 1 aliphatic rings.